The fraction of sp³-hybridized carbons (Fsp3) is 0.296. The molecule has 0 heterocycles. The molecule has 0 saturated carbocycles. The van der Waals surface area contributed by atoms with Gasteiger partial charge in [-0.15, -0.1) is 0 Å². The highest BCUT2D eigenvalue weighted by Crippen LogP contribution is 2.25. The van der Waals surface area contributed by atoms with Gasteiger partial charge in [-0.3, -0.25) is 0 Å². The molecule has 0 amide bonds. The minimum absolute atomic E-state index is 0.240. The number of aryl methyl sites for hydroxylation is 2. The Bertz CT molecular complexity index is 959. The maximum absolute atomic E-state index is 14.4. The molecule has 0 aliphatic rings. The topological polar surface area (TPSA) is 26.3 Å². The number of ether oxygens (including phenoxy) is 1. The third kappa shape index (κ3) is 5.79. The molecule has 3 heteroatoms. The average molecular weight is 405 g/mol. The maximum atomic E-state index is 14.4. The first-order valence-electron chi connectivity index (χ1n) is 10.8. The van der Waals surface area contributed by atoms with Crippen molar-refractivity contribution in [2.24, 2.45) is 0 Å². The van der Waals surface area contributed by atoms with Crippen molar-refractivity contribution in [3.8, 4) is 16.9 Å². The first kappa shape index (κ1) is 21.8. The fourth-order valence-corrected chi connectivity index (χ4v) is 3.49. The molecule has 0 aromatic heterocycles. The van der Waals surface area contributed by atoms with E-state index in [1.54, 1.807) is 36.4 Å². The van der Waals surface area contributed by atoms with Crippen LogP contribution in [0.5, 0.6) is 5.75 Å². The van der Waals surface area contributed by atoms with Crippen LogP contribution in [0, 0.1) is 5.82 Å². The molecular formula is C27H29FO2. The van der Waals surface area contributed by atoms with E-state index in [4.69, 9.17) is 4.74 Å². The van der Waals surface area contributed by atoms with Crippen molar-refractivity contribution in [1.82, 2.24) is 0 Å². The predicted octanol–water partition coefficient (Wildman–Crippen LogP) is 7.40. The largest absolute Gasteiger partial charge is 0.423 e. The number of hydrogen-bond donors (Lipinski definition) is 0. The first-order valence-corrected chi connectivity index (χ1v) is 10.8. The molecule has 0 fully saturated rings. The van der Waals surface area contributed by atoms with Crippen LogP contribution in [-0.2, 0) is 12.8 Å². The molecule has 3 aromatic carbocycles. The van der Waals surface area contributed by atoms with Gasteiger partial charge in [-0.1, -0.05) is 69.5 Å². The summed E-state index contributed by atoms with van der Waals surface area (Å²) in [7, 11) is 0. The highest BCUT2D eigenvalue weighted by molar-refractivity contribution is 5.91. The summed E-state index contributed by atoms with van der Waals surface area (Å²) < 4.78 is 19.9. The first-order chi connectivity index (χ1) is 14.6. The van der Waals surface area contributed by atoms with E-state index in [0.717, 1.165) is 30.4 Å². The smallest absolute Gasteiger partial charge is 0.343 e. The second-order valence-electron chi connectivity index (χ2n) is 7.63. The van der Waals surface area contributed by atoms with Crippen molar-refractivity contribution in [3.05, 3.63) is 89.2 Å². The third-order valence-corrected chi connectivity index (χ3v) is 5.21. The van der Waals surface area contributed by atoms with Gasteiger partial charge in [0.2, 0.25) is 0 Å². The lowest BCUT2D eigenvalue weighted by atomic mass is 10.0. The summed E-state index contributed by atoms with van der Waals surface area (Å²) in [5.74, 6) is -0.129. The molecule has 0 radical (unpaired) electrons. The predicted molar refractivity (Wildman–Crippen MR) is 120 cm³/mol. The van der Waals surface area contributed by atoms with Gasteiger partial charge in [-0.05, 0) is 66.3 Å². The number of esters is 1. The normalized spacial score (nSPS) is 10.8. The maximum Gasteiger partial charge on any atom is 0.343 e. The van der Waals surface area contributed by atoms with Gasteiger partial charge in [0, 0.05) is 5.56 Å². The minimum Gasteiger partial charge on any atom is -0.423 e. The Labute approximate surface area is 178 Å². The molecule has 0 aliphatic heterocycles. The zero-order chi connectivity index (χ0) is 21.3. The monoisotopic (exact) mass is 404 g/mol. The molecule has 0 N–H and O–H groups in total. The van der Waals surface area contributed by atoms with Crippen LogP contribution in [0.4, 0.5) is 4.39 Å². The Hall–Kier alpha value is -2.94. The van der Waals surface area contributed by atoms with Gasteiger partial charge in [0.15, 0.2) is 0 Å². The molecule has 30 heavy (non-hydrogen) atoms. The number of benzene rings is 3. The van der Waals surface area contributed by atoms with Gasteiger partial charge in [0.25, 0.3) is 0 Å². The van der Waals surface area contributed by atoms with Crippen LogP contribution < -0.4 is 4.74 Å². The van der Waals surface area contributed by atoms with Crippen LogP contribution >= 0.6 is 0 Å². The SMILES string of the molecule is CCCCCc1ccc(OC(=O)c2ccc(-c3ccc(CCC)cc3F)cc2)cc1. The average Bonchev–Trinajstić information content (AvgIpc) is 2.76. The number of carbonyl (C=O) groups excluding carboxylic acids is 1. The Balaban J connectivity index is 1.64. The molecule has 2 nitrogen and oxygen atoms in total. The van der Waals surface area contributed by atoms with Crippen molar-refractivity contribution in [1.29, 1.82) is 0 Å². The Kier molecular flexibility index (Phi) is 7.78. The van der Waals surface area contributed by atoms with E-state index in [1.807, 2.05) is 30.3 Å². The zero-order valence-corrected chi connectivity index (χ0v) is 17.8. The van der Waals surface area contributed by atoms with Crippen LogP contribution in [0.2, 0.25) is 0 Å². The molecule has 156 valence electrons. The van der Waals surface area contributed by atoms with Crippen LogP contribution in [0.1, 0.15) is 61.0 Å². The van der Waals surface area contributed by atoms with Gasteiger partial charge >= 0.3 is 5.97 Å². The second kappa shape index (κ2) is 10.7. The standard InChI is InChI=1S/C27H29FO2/c1-3-5-6-8-20-9-16-24(17-10-20)30-27(29)23-14-12-22(13-15-23)25-18-11-21(7-4-2)19-26(25)28/h9-19H,3-8H2,1-2H3. The Morgan fingerprint density at radius 3 is 2.13 bits per heavy atom. The highest BCUT2D eigenvalue weighted by Gasteiger charge is 2.11. The summed E-state index contributed by atoms with van der Waals surface area (Å²) in [5.41, 5.74) is 3.96. The van der Waals surface area contributed by atoms with Crippen LogP contribution in [0.3, 0.4) is 0 Å². The molecule has 0 unspecified atom stereocenters. The van der Waals surface area contributed by atoms with Gasteiger partial charge in [0.1, 0.15) is 11.6 Å². The zero-order valence-electron chi connectivity index (χ0n) is 17.8. The summed E-state index contributed by atoms with van der Waals surface area (Å²) in [6.07, 6.45) is 6.48. The van der Waals surface area contributed by atoms with Crippen molar-refractivity contribution < 1.29 is 13.9 Å². The summed E-state index contributed by atoms with van der Waals surface area (Å²) in [4.78, 5) is 12.4. The molecule has 3 rings (SSSR count). The quantitative estimate of drug-likeness (QED) is 0.211. The lowest BCUT2D eigenvalue weighted by Crippen LogP contribution is -2.08. The van der Waals surface area contributed by atoms with E-state index >= 15 is 0 Å². The number of halogens is 1. The van der Waals surface area contributed by atoms with Crippen LogP contribution in [0.25, 0.3) is 11.1 Å². The van der Waals surface area contributed by atoms with Crippen molar-refractivity contribution in [2.75, 3.05) is 0 Å². The summed E-state index contributed by atoms with van der Waals surface area (Å²) in [6, 6.07) is 19.9. The molecular weight excluding hydrogens is 375 g/mol. The van der Waals surface area contributed by atoms with Gasteiger partial charge in [-0.2, -0.15) is 0 Å². The van der Waals surface area contributed by atoms with Crippen molar-refractivity contribution in [3.63, 3.8) is 0 Å². The minimum atomic E-state index is -0.418. The van der Waals surface area contributed by atoms with E-state index in [-0.39, 0.29) is 5.82 Å². The van der Waals surface area contributed by atoms with E-state index in [0.29, 0.717) is 16.9 Å². The molecule has 0 spiro atoms. The van der Waals surface area contributed by atoms with E-state index in [1.165, 1.54) is 24.8 Å². The van der Waals surface area contributed by atoms with E-state index < -0.39 is 5.97 Å². The third-order valence-electron chi connectivity index (χ3n) is 5.21. The molecule has 0 bridgehead atoms. The summed E-state index contributed by atoms with van der Waals surface area (Å²) in [6.45, 7) is 4.26. The molecule has 0 saturated heterocycles. The number of hydrogen-bond acceptors (Lipinski definition) is 2. The second-order valence-corrected chi connectivity index (χ2v) is 7.63. The highest BCUT2D eigenvalue weighted by atomic mass is 19.1. The molecule has 3 aromatic rings. The van der Waals surface area contributed by atoms with E-state index in [9.17, 15) is 9.18 Å². The molecule has 0 atom stereocenters. The Morgan fingerprint density at radius 1 is 0.800 bits per heavy atom. The van der Waals surface area contributed by atoms with Crippen molar-refractivity contribution >= 4 is 5.97 Å². The number of carbonyl (C=O) groups is 1. The molecule has 0 aliphatic carbocycles. The van der Waals surface area contributed by atoms with Crippen LogP contribution in [-0.4, -0.2) is 5.97 Å². The van der Waals surface area contributed by atoms with Gasteiger partial charge in [0.05, 0.1) is 5.56 Å². The van der Waals surface area contributed by atoms with Gasteiger partial charge < -0.3 is 4.74 Å². The van der Waals surface area contributed by atoms with E-state index in [2.05, 4.69) is 13.8 Å². The summed E-state index contributed by atoms with van der Waals surface area (Å²) >= 11 is 0. The van der Waals surface area contributed by atoms with Gasteiger partial charge in [-0.25, -0.2) is 9.18 Å². The summed E-state index contributed by atoms with van der Waals surface area (Å²) in [5, 5.41) is 0. The number of rotatable bonds is 9. The van der Waals surface area contributed by atoms with Crippen molar-refractivity contribution in [2.45, 2.75) is 52.4 Å². The number of unbranched alkanes of at least 4 members (excludes halogenated alkanes) is 2. The lowest BCUT2D eigenvalue weighted by molar-refractivity contribution is 0.0734. The Morgan fingerprint density at radius 2 is 1.50 bits per heavy atom. The fourth-order valence-electron chi connectivity index (χ4n) is 3.49. The lowest BCUT2D eigenvalue weighted by Gasteiger charge is -2.08. The van der Waals surface area contributed by atoms with Crippen LogP contribution in [0.15, 0.2) is 66.7 Å².